The highest BCUT2D eigenvalue weighted by atomic mass is 32.2. The predicted molar refractivity (Wildman–Crippen MR) is 109 cm³/mol. The number of aromatic amines is 1. The van der Waals surface area contributed by atoms with Crippen LogP contribution in [0.15, 0.2) is 51.1 Å². The Kier molecular flexibility index (Phi) is 5.41. The first-order valence-corrected chi connectivity index (χ1v) is 9.34. The van der Waals surface area contributed by atoms with Gasteiger partial charge in [-0.05, 0) is 26.0 Å². The summed E-state index contributed by atoms with van der Waals surface area (Å²) < 4.78 is 3.17. The Balaban J connectivity index is 1.84. The Bertz CT molecular complexity index is 1130. The monoisotopic (exact) mass is 400 g/mol. The lowest BCUT2D eigenvalue weighted by atomic mass is 10.3. The number of hydrogen-bond acceptors (Lipinski definition) is 6. The van der Waals surface area contributed by atoms with Crippen LogP contribution in [0, 0.1) is 6.92 Å². The molecule has 2 heterocycles. The molecule has 9 nitrogen and oxygen atoms in total. The summed E-state index contributed by atoms with van der Waals surface area (Å²) in [5, 5.41) is 2.31. The SMILES string of the molecule is Cc1c(NC(=O)[C@H](C)Sc2nc(N)cc(=O)[nH]2)c(=O)n(-c2ccccc2)n1C. The number of H-pyrrole nitrogens is 1. The number of thioether (sulfide) groups is 1. The van der Waals surface area contributed by atoms with Crippen LogP contribution in [0.4, 0.5) is 11.5 Å². The Hall–Kier alpha value is -3.27. The van der Waals surface area contributed by atoms with E-state index >= 15 is 0 Å². The Morgan fingerprint density at radius 2 is 1.96 bits per heavy atom. The summed E-state index contributed by atoms with van der Waals surface area (Å²) >= 11 is 1.04. The molecule has 1 atom stereocenters. The molecular formula is C18H20N6O3S. The molecular weight excluding hydrogens is 380 g/mol. The van der Waals surface area contributed by atoms with Gasteiger partial charge >= 0.3 is 0 Å². The van der Waals surface area contributed by atoms with Crippen molar-refractivity contribution in [1.82, 2.24) is 19.3 Å². The second kappa shape index (κ2) is 7.77. The maximum atomic E-state index is 12.9. The van der Waals surface area contributed by atoms with Gasteiger partial charge < -0.3 is 16.0 Å². The van der Waals surface area contributed by atoms with Gasteiger partial charge in [0.15, 0.2) is 5.16 Å². The minimum absolute atomic E-state index is 0.0727. The van der Waals surface area contributed by atoms with E-state index in [0.29, 0.717) is 11.4 Å². The third-order valence-electron chi connectivity index (χ3n) is 4.20. The van der Waals surface area contributed by atoms with Crippen molar-refractivity contribution in [2.75, 3.05) is 11.1 Å². The fourth-order valence-electron chi connectivity index (χ4n) is 2.67. The number of benzene rings is 1. The van der Waals surface area contributed by atoms with Crippen LogP contribution in [-0.2, 0) is 11.8 Å². The van der Waals surface area contributed by atoms with Gasteiger partial charge in [-0.1, -0.05) is 30.0 Å². The second-order valence-electron chi connectivity index (χ2n) is 6.16. The summed E-state index contributed by atoms with van der Waals surface area (Å²) in [6.07, 6.45) is 0. The largest absolute Gasteiger partial charge is 0.383 e. The molecule has 4 N–H and O–H groups in total. The van der Waals surface area contributed by atoms with Crippen molar-refractivity contribution < 1.29 is 4.79 Å². The van der Waals surface area contributed by atoms with Crippen LogP contribution in [0.2, 0.25) is 0 Å². The number of para-hydroxylation sites is 1. The standard InChI is InChI=1S/C18H20N6O3S/c1-10-15(17(27)24(23(10)3)12-7-5-4-6-8-12)22-16(26)11(2)28-18-20-13(19)9-14(25)21-18/h4-9,11H,1-3H3,(H,22,26)(H3,19,20,21,25)/t11-/m0/s1. The molecule has 1 aromatic carbocycles. The van der Waals surface area contributed by atoms with E-state index in [2.05, 4.69) is 15.3 Å². The van der Waals surface area contributed by atoms with Crippen molar-refractivity contribution in [2.24, 2.45) is 7.05 Å². The van der Waals surface area contributed by atoms with Crippen molar-refractivity contribution in [3.63, 3.8) is 0 Å². The molecule has 0 saturated heterocycles. The molecule has 0 fully saturated rings. The van der Waals surface area contributed by atoms with Crippen LogP contribution in [0.5, 0.6) is 0 Å². The van der Waals surface area contributed by atoms with Crippen molar-refractivity contribution in [3.05, 3.63) is 62.8 Å². The number of nitrogens with one attached hydrogen (secondary N) is 2. The summed E-state index contributed by atoms with van der Waals surface area (Å²) in [4.78, 5) is 43.5. The molecule has 146 valence electrons. The third-order valence-corrected chi connectivity index (χ3v) is 5.18. The van der Waals surface area contributed by atoms with Crippen LogP contribution in [0.25, 0.3) is 5.69 Å². The lowest BCUT2D eigenvalue weighted by Crippen LogP contribution is -2.27. The molecule has 3 aromatic rings. The molecule has 0 aliphatic carbocycles. The summed E-state index contributed by atoms with van der Waals surface area (Å²) in [6.45, 7) is 3.41. The van der Waals surface area contributed by atoms with Crippen LogP contribution < -0.4 is 22.2 Å². The Morgan fingerprint density at radius 3 is 2.61 bits per heavy atom. The third kappa shape index (κ3) is 3.86. The summed E-state index contributed by atoms with van der Waals surface area (Å²) in [7, 11) is 1.75. The fraction of sp³-hybridized carbons (Fsp3) is 0.222. The number of aromatic nitrogens is 4. The highest BCUT2D eigenvalue weighted by Crippen LogP contribution is 2.21. The van der Waals surface area contributed by atoms with E-state index in [9.17, 15) is 14.4 Å². The fourth-order valence-corrected chi connectivity index (χ4v) is 3.49. The minimum atomic E-state index is -0.617. The molecule has 0 bridgehead atoms. The van der Waals surface area contributed by atoms with Crippen LogP contribution in [-0.4, -0.2) is 30.5 Å². The minimum Gasteiger partial charge on any atom is -0.383 e. The predicted octanol–water partition coefficient (Wildman–Crippen LogP) is 1.27. The van der Waals surface area contributed by atoms with Gasteiger partial charge in [-0.3, -0.25) is 19.1 Å². The van der Waals surface area contributed by atoms with Crippen molar-refractivity contribution in [3.8, 4) is 5.69 Å². The molecule has 0 aliphatic heterocycles. The molecule has 0 saturated carbocycles. The van der Waals surface area contributed by atoms with E-state index < -0.39 is 10.8 Å². The van der Waals surface area contributed by atoms with Gasteiger partial charge in [-0.2, -0.15) is 0 Å². The van der Waals surface area contributed by atoms with Gasteiger partial charge in [0.2, 0.25) is 5.91 Å². The quantitative estimate of drug-likeness (QED) is 0.437. The van der Waals surface area contributed by atoms with Crippen LogP contribution in [0.3, 0.4) is 0 Å². The zero-order chi connectivity index (χ0) is 20.4. The molecule has 28 heavy (non-hydrogen) atoms. The van der Waals surface area contributed by atoms with Crippen molar-refractivity contribution >= 4 is 29.2 Å². The maximum Gasteiger partial charge on any atom is 0.295 e. The van der Waals surface area contributed by atoms with Crippen LogP contribution in [0.1, 0.15) is 12.6 Å². The summed E-state index contributed by atoms with van der Waals surface area (Å²) in [5.74, 6) is -0.315. The molecule has 0 spiro atoms. The van der Waals surface area contributed by atoms with E-state index in [1.807, 2.05) is 30.3 Å². The zero-order valence-corrected chi connectivity index (χ0v) is 16.4. The molecule has 3 rings (SSSR count). The molecule has 0 unspecified atom stereocenters. The van der Waals surface area contributed by atoms with E-state index in [0.717, 1.165) is 17.8 Å². The number of rotatable bonds is 5. The summed E-state index contributed by atoms with van der Waals surface area (Å²) in [5.41, 5.74) is 6.36. The average molecular weight is 400 g/mol. The van der Waals surface area contributed by atoms with Crippen molar-refractivity contribution in [1.29, 1.82) is 0 Å². The summed E-state index contributed by atoms with van der Waals surface area (Å²) in [6, 6.07) is 10.3. The van der Waals surface area contributed by atoms with Crippen LogP contribution >= 0.6 is 11.8 Å². The topological polar surface area (TPSA) is 128 Å². The number of amides is 1. The number of carbonyl (C=O) groups is 1. The second-order valence-corrected chi connectivity index (χ2v) is 7.49. The Labute approximate surface area is 164 Å². The molecule has 0 aliphatic rings. The van der Waals surface area contributed by atoms with Gasteiger partial charge in [0.05, 0.1) is 16.6 Å². The lowest BCUT2D eigenvalue weighted by Gasteiger charge is -2.10. The average Bonchev–Trinajstić information content (AvgIpc) is 2.85. The number of carbonyl (C=O) groups excluding carboxylic acids is 1. The normalized spacial score (nSPS) is 12.0. The van der Waals surface area contributed by atoms with Gasteiger partial charge in [-0.15, -0.1) is 0 Å². The highest BCUT2D eigenvalue weighted by Gasteiger charge is 2.22. The van der Waals surface area contributed by atoms with E-state index in [1.54, 1.807) is 25.6 Å². The first-order chi connectivity index (χ1) is 13.3. The van der Waals surface area contributed by atoms with E-state index in [-0.39, 0.29) is 28.1 Å². The number of anilines is 2. The van der Waals surface area contributed by atoms with Gasteiger partial charge in [0, 0.05) is 13.1 Å². The first-order valence-electron chi connectivity index (χ1n) is 8.46. The maximum absolute atomic E-state index is 12.9. The first kappa shape index (κ1) is 19.5. The number of nitrogens with two attached hydrogens (primary N) is 1. The van der Waals surface area contributed by atoms with Gasteiger partial charge in [0.25, 0.3) is 11.1 Å². The zero-order valence-electron chi connectivity index (χ0n) is 15.6. The van der Waals surface area contributed by atoms with Gasteiger partial charge in [0.1, 0.15) is 11.5 Å². The van der Waals surface area contributed by atoms with E-state index in [4.69, 9.17) is 5.73 Å². The highest BCUT2D eigenvalue weighted by molar-refractivity contribution is 8.00. The van der Waals surface area contributed by atoms with Crippen molar-refractivity contribution in [2.45, 2.75) is 24.3 Å². The number of hydrogen-bond donors (Lipinski definition) is 3. The molecule has 0 radical (unpaired) electrons. The number of nitrogen functional groups attached to an aromatic ring is 1. The Morgan fingerprint density at radius 1 is 1.29 bits per heavy atom. The van der Waals surface area contributed by atoms with E-state index in [1.165, 1.54) is 4.68 Å². The molecule has 1 amide bonds. The molecule has 10 heteroatoms. The molecule has 2 aromatic heterocycles. The van der Waals surface area contributed by atoms with Gasteiger partial charge in [-0.25, -0.2) is 9.67 Å². The number of nitrogens with zero attached hydrogens (tertiary/aromatic N) is 3. The smallest absolute Gasteiger partial charge is 0.295 e. The lowest BCUT2D eigenvalue weighted by molar-refractivity contribution is -0.115.